The molecule has 0 atom stereocenters. The average molecular weight is 407 g/mol. The van der Waals surface area contributed by atoms with Crippen LogP contribution in [0.3, 0.4) is 0 Å². The van der Waals surface area contributed by atoms with Gasteiger partial charge in [-0.1, -0.05) is 0 Å². The lowest BCUT2D eigenvalue weighted by Crippen LogP contribution is -2.03. The van der Waals surface area contributed by atoms with Gasteiger partial charge < -0.3 is 24.5 Å². The second kappa shape index (κ2) is 7.78. The summed E-state index contributed by atoms with van der Waals surface area (Å²) in [5, 5.41) is 6.43. The van der Waals surface area contributed by atoms with Gasteiger partial charge in [-0.3, -0.25) is 4.98 Å². The predicted octanol–water partition coefficient (Wildman–Crippen LogP) is 4.03. The maximum Gasteiger partial charge on any atom is 0.417 e. The largest absolute Gasteiger partial charge is 0.496 e. The zero-order valence-corrected chi connectivity index (χ0v) is 17.0. The molecular weight excluding hydrogens is 386 g/mol. The Bertz CT molecular complexity index is 1250. The molecule has 0 unspecified atom stereocenters. The van der Waals surface area contributed by atoms with E-state index in [0.717, 1.165) is 22.5 Å². The highest BCUT2D eigenvalue weighted by Crippen LogP contribution is 2.33. The highest BCUT2D eigenvalue weighted by molar-refractivity contribution is 5.78. The first-order valence-electron chi connectivity index (χ1n) is 9.20. The summed E-state index contributed by atoms with van der Waals surface area (Å²) in [5.74, 6) is 1.95. The van der Waals surface area contributed by atoms with E-state index >= 15 is 0 Å². The summed E-state index contributed by atoms with van der Waals surface area (Å²) in [4.78, 5) is 22.9. The maximum atomic E-state index is 11.4. The Labute approximate surface area is 172 Å². The molecule has 9 heteroatoms. The quantitative estimate of drug-likeness (QED) is 0.439. The predicted molar refractivity (Wildman–Crippen MR) is 114 cm³/mol. The topological polar surface area (TPSA) is 114 Å². The Morgan fingerprint density at radius 3 is 2.43 bits per heavy atom. The van der Waals surface area contributed by atoms with Gasteiger partial charge in [-0.25, -0.2) is 9.78 Å². The lowest BCUT2D eigenvalue weighted by Gasteiger charge is -2.14. The van der Waals surface area contributed by atoms with Crippen molar-refractivity contribution in [3.05, 3.63) is 58.2 Å². The summed E-state index contributed by atoms with van der Waals surface area (Å²) >= 11 is 0. The van der Waals surface area contributed by atoms with Gasteiger partial charge in [0.2, 0.25) is 5.95 Å². The van der Waals surface area contributed by atoms with Gasteiger partial charge in [0.25, 0.3) is 0 Å². The van der Waals surface area contributed by atoms with Crippen molar-refractivity contribution in [2.75, 3.05) is 24.9 Å². The number of aromatic amines is 1. The first kappa shape index (κ1) is 19.3. The van der Waals surface area contributed by atoms with Crippen LogP contribution in [0.5, 0.6) is 11.5 Å². The summed E-state index contributed by atoms with van der Waals surface area (Å²) < 4.78 is 15.9. The van der Waals surface area contributed by atoms with E-state index in [-0.39, 0.29) is 0 Å². The molecule has 0 amide bonds. The van der Waals surface area contributed by atoms with Crippen LogP contribution < -0.4 is 25.9 Å². The van der Waals surface area contributed by atoms with Crippen molar-refractivity contribution in [2.45, 2.75) is 13.8 Å². The summed E-state index contributed by atoms with van der Waals surface area (Å²) in [6.45, 7) is 3.83. The second-order valence-electron chi connectivity index (χ2n) is 6.71. The first-order chi connectivity index (χ1) is 14.5. The molecule has 0 saturated heterocycles. The molecule has 0 aliphatic heterocycles. The molecule has 3 N–H and O–H groups in total. The molecule has 0 fully saturated rings. The van der Waals surface area contributed by atoms with E-state index in [9.17, 15) is 4.79 Å². The van der Waals surface area contributed by atoms with Crippen molar-refractivity contribution in [3.8, 4) is 11.5 Å². The molecule has 4 aromatic rings. The van der Waals surface area contributed by atoms with Gasteiger partial charge in [0.05, 0.1) is 19.7 Å². The monoisotopic (exact) mass is 407 g/mol. The molecule has 9 nitrogen and oxygen atoms in total. The number of fused-ring (bicyclic) bond motifs is 1. The number of anilines is 4. The summed E-state index contributed by atoms with van der Waals surface area (Å²) in [7, 11) is 3.22. The maximum absolute atomic E-state index is 11.4. The minimum atomic E-state index is -0.490. The van der Waals surface area contributed by atoms with Crippen LogP contribution in [0.25, 0.3) is 11.1 Å². The number of hydrogen-bond acceptors (Lipinski definition) is 8. The number of nitrogens with one attached hydrogen (secondary N) is 3. The van der Waals surface area contributed by atoms with Gasteiger partial charge in [-0.15, -0.1) is 0 Å². The molecule has 2 aromatic carbocycles. The second-order valence-corrected chi connectivity index (χ2v) is 6.71. The van der Waals surface area contributed by atoms with E-state index in [4.69, 9.17) is 13.9 Å². The van der Waals surface area contributed by atoms with Crippen molar-refractivity contribution in [2.24, 2.45) is 0 Å². The summed E-state index contributed by atoms with van der Waals surface area (Å²) in [6.07, 6.45) is 1.72. The lowest BCUT2D eigenvalue weighted by molar-refractivity contribution is 0.389. The van der Waals surface area contributed by atoms with Crippen LogP contribution in [-0.2, 0) is 0 Å². The van der Waals surface area contributed by atoms with Crippen LogP contribution in [0.1, 0.15) is 11.1 Å². The third kappa shape index (κ3) is 3.77. The minimum absolute atomic E-state index is 0.411. The Kier molecular flexibility index (Phi) is 5.01. The molecule has 4 rings (SSSR count). The Hall–Kier alpha value is -4.01. The Morgan fingerprint density at radius 1 is 1.00 bits per heavy atom. The van der Waals surface area contributed by atoms with Gasteiger partial charge in [0.15, 0.2) is 5.58 Å². The zero-order valence-electron chi connectivity index (χ0n) is 17.0. The van der Waals surface area contributed by atoms with Crippen molar-refractivity contribution in [1.29, 1.82) is 0 Å². The smallest absolute Gasteiger partial charge is 0.417 e. The molecule has 0 saturated carbocycles. The Morgan fingerprint density at radius 2 is 1.73 bits per heavy atom. The zero-order chi connectivity index (χ0) is 21.3. The molecular formula is C21H21N5O4. The Balaban J connectivity index is 1.62. The number of benzene rings is 2. The van der Waals surface area contributed by atoms with Crippen molar-refractivity contribution in [1.82, 2.24) is 15.0 Å². The molecule has 2 heterocycles. The van der Waals surface area contributed by atoms with Crippen LogP contribution in [0.2, 0.25) is 0 Å². The number of ether oxygens (including phenoxy) is 2. The lowest BCUT2D eigenvalue weighted by atomic mass is 10.2. The van der Waals surface area contributed by atoms with Crippen molar-refractivity contribution < 1.29 is 13.9 Å². The fourth-order valence-electron chi connectivity index (χ4n) is 3.08. The average Bonchev–Trinajstić information content (AvgIpc) is 3.11. The van der Waals surface area contributed by atoms with Crippen LogP contribution in [0, 0.1) is 13.8 Å². The highest BCUT2D eigenvalue weighted by atomic mass is 16.5. The van der Waals surface area contributed by atoms with Crippen molar-refractivity contribution in [3.63, 3.8) is 0 Å². The fourth-order valence-corrected chi connectivity index (χ4v) is 3.08. The van der Waals surface area contributed by atoms with Crippen LogP contribution in [0.15, 0.2) is 45.7 Å². The molecule has 154 valence electrons. The normalized spacial score (nSPS) is 10.8. The third-order valence-corrected chi connectivity index (χ3v) is 4.66. The van der Waals surface area contributed by atoms with Gasteiger partial charge in [0.1, 0.15) is 17.3 Å². The van der Waals surface area contributed by atoms with Gasteiger partial charge in [0, 0.05) is 40.8 Å². The number of nitrogens with zero attached hydrogens (tertiary/aromatic N) is 2. The number of hydrogen-bond donors (Lipinski definition) is 3. The third-order valence-electron chi connectivity index (χ3n) is 4.66. The number of oxazole rings is 1. The van der Waals surface area contributed by atoms with Crippen molar-refractivity contribution >= 4 is 34.2 Å². The van der Waals surface area contributed by atoms with E-state index in [1.54, 1.807) is 32.5 Å². The highest BCUT2D eigenvalue weighted by Gasteiger charge is 2.11. The fraction of sp³-hybridized carbons (Fsp3) is 0.190. The summed E-state index contributed by atoms with van der Waals surface area (Å²) in [5.41, 5.74) is 4.36. The standard InChI is InChI=1S/C21H21N5O4/c1-11-10-22-20(24-14-8-17(28-3)12(2)18(9-14)29-4)26-19(11)23-13-5-6-16-15(7-13)25-21(27)30-16/h5-10H,1-4H3,(H,25,27)(H2,22,23,24,26). The van der Waals surface area contributed by atoms with Gasteiger partial charge in [-0.05, 0) is 32.0 Å². The van der Waals surface area contributed by atoms with E-state index in [2.05, 4.69) is 25.6 Å². The number of H-pyrrole nitrogens is 1. The SMILES string of the molecule is COc1cc(Nc2ncc(C)c(Nc3ccc4oc(=O)[nH]c4c3)n2)cc(OC)c1C. The molecule has 0 spiro atoms. The van der Waals surface area contributed by atoms with Crippen LogP contribution in [-0.4, -0.2) is 29.2 Å². The van der Waals surface area contributed by atoms with Crippen LogP contribution in [0.4, 0.5) is 23.1 Å². The number of methoxy groups -OCH3 is 2. The van der Waals surface area contributed by atoms with Crippen LogP contribution >= 0.6 is 0 Å². The number of aryl methyl sites for hydroxylation is 1. The molecule has 0 aliphatic rings. The van der Waals surface area contributed by atoms with E-state index < -0.39 is 5.76 Å². The molecule has 0 bridgehead atoms. The minimum Gasteiger partial charge on any atom is -0.496 e. The number of aromatic nitrogens is 3. The van der Waals surface area contributed by atoms with E-state index in [1.807, 2.05) is 32.0 Å². The van der Waals surface area contributed by atoms with Gasteiger partial charge in [-0.2, -0.15) is 4.98 Å². The van der Waals surface area contributed by atoms with E-state index in [0.29, 0.717) is 34.4 Å². The number of rotatable bonds is 6. The molecule has 0 aliphatic carbocycles. The molecule has 0 radical (unpaired) electrons. The van der Waals surface area contributed by atoms with Gasteiger partial charge >= 0.3 is 5.76 Å². The molecule has 2 aromatic heterocycles. The first-order valence-corrected chi connectivity index (χ1v) is 9.20. The van der Waals surface area contributed by atoms with E-state index in [1.165, 1.54) is 0 Å². The molecule has 30 heavy (non-hydrogen) atoms. The summed E-state index contributed by atoms with van der Waals surface area (Å²) in [6, 6.07) is 9.03.